The summed E-state index contributed by atoms with van der Waals surface area (Å²) in [5.74, 6) is 0.816. The van der Waals surface area contributed by atoms with Gasteiger partial charge in [-0.25, -0.2) is 4.98 Å². The molecule has 2 atom stereocenters. The third-order valence-corrected chi connectivity index (χ3v) is 6.79. The van der Waals surface area contributed by atoms with Gasteiger partial charge in [0.05, 0.1) is 11.2 Å². The van der Waals surface area contributed by atoms with Crippen LogP contribution in [-0.2, 0) is 13.1 Å². The zero-order chi connectivity index (χ0) is 23.0. The number of ether oxygens (including phenoxy) is 1. The summed E-state index contributed by atoms with van der Waals surface area (Å²) in [7, 11) is 0. The molecule has 2 fully saturated rings. The monoisotopic (exact) mass is 478 g/mol. The first-order valence-corrected chi connectivity index (χ1v) is 11.4. The first kappa shape index (κ1) is 21.9. The lowest BCUT2D eigenvalue weighted by atomic mass is 10.1. The quantitative estimate of drug-likeness (QED) is 0.487. The standard InChI is InChI=1S/C22H21F3N4O3S/c23-22(24,25)32-16-3-1-2-14(6-16)7-29(21(30)20-12-33-13-26-20)11-19-17-9-28(10-18(17)19)8-15-4-5-31-27-15/h1-6,12-13,17-19H,7-11H2. The molecule has 7 nitrogen and oxygen atoms in total. The van der Waals surface area contributed by atoms with Crippen molar-refractivity contribution in [2.45, 2.75) is 19.5 Å². The van der Waals surface area contributed by atoms with Gasteiger partial charge in [-0.2, -0.15) is 0 Å². The lowest BCUT2D eigenvalue weighted by Crippen LogP contribution is -2.35. The molecule has 1 amide bonds. The molecule has 0 spiro atoms. The van der Waals surface area contributed by atoms with Crippen LogP contribution < -0.4 is 4.74 Å². The van der Waals surface area contributed by atoms with Crippen LogP contribution in [0, 0.1) is 17.8 Å². The highest BCUT2D eigenvalue weighted by Gasteiger charge is 2.56. The van der Waals surface area contributed by atoms with Gasteiger partial charge < -0.3 is 14.2 Å². The van der Waals surface area contributed by atoms with E-state index < -0.39 is 6.36 Å². The molecule has 1 aliphatic carbocycles. The average Bonchev–Trinajstić information content (AvgIpc) is 3.31. The zero-order valence-electron chi connectivity index (χ0n) is 17.4. The number of halogens is 3. The molecule has 11 heteroatoms. The third kappa shape index (κ3) is 5.19. The Kier molecular flexibility index (Phi) is 5.83. The van der Waals surface area contributed by atoms with E-state index in [1.54, 1.807) is 28.1 Å². The number of benzene rings is 1. The number of hydrogen-bond donors (Lipinski definition) is 0. The minimum absolute atomic E-state index is 0.185. The highest BCUT2D eigenvalue weighted by molar-refractivity contribution is 7.07. The van der Waals surface area contributed by atoms with Crippen molar-refractivity contribution in [1.82, 2.24) is 19.9 Å². The van der Waals surface area contributed by atoms with Crippen molar-refractivity contribution in [2.24, 2.45) is 17.8 Å². The summed E-state index contributed by atoms with van der Waals surface area (Å²) >= 11 is 1.33. The van der Waals surface area contributed by atoms with Crippen LogP contribution >= 0.6 is 11.3 Å². The van der Waals surface area contributed by atoms with Crippen LogP contribution in [0.15, 0.2) is 52.0 Å². The van der Waals surface area contributed by atoms with E-state index in [1.165, 1.54) is 29.5 Å². The van der Waals surface area contributed by atoms with Crippen LogP contribution in [0.2, 0.25) is 0 Å². The summed E-state index contributed by atoms with van der Waals surface area (Å²) in [5.41, 5.74) is 3.41. The van der Waals surface area contributed by atoms with Crippen LogP contribution in [0.4, 0.5) is 13.2 Å². The van der Waals surface area contributed by atoms with E-state index in [4.69, 9.17) is 4.52 Å². The van der Waals surface area contributed by atoms with E-state index >= 15 is 0 Å². The SMILES string of the molecule is O=C(c1cscn1)N(Cc1cccc(OC(F)(F)F)c1)CC1C2CN(Cc3ccon3)CC21. The fraction of sp³-hybridized carbons (Fsp3) is 0.409. The molecule has 0 radical (unpaired) electrons. The Labute approximate surface area is 191 Å². The minimum atomic E-state index is -4.77. The molecule has 3 aromatic rings. The molecule has 5 rings (SSSR count). The number of rotatable bonds is 8. The number of nitrogens with zero attached hydrogens (tertiary/aromatic N) is 4. The van der Waals surface area contributed by atoms with Gasteiger partial charge in [0.2, 0.25) is 0 Å². The molecular formula is C22H21F3N4O3S. The number of hydrogen-bond acceptors (Lipinski definition) is 7. The highest BCUT2D eigenvalue weighted by atomic mass is 32.1. The van der Waals surface area contributed by atoms with Gasteiger partial charge in [0.25, 0.3) is 5.91 Å². The number of likely N-dealkylation sites (tertiary alicyclic amines) is 1. The summed E-state index contributed by atoms with van der Waals surface area (Å²) in [6.45, 7) is 3.31. The second-order valence-corrected chi connectivity index (χ2v) is 9.15. The van der Waals surface area contributed by atoms with Crippen LogP contribution in [-0.4, -0.2) is 51.8 Å². The second-order valence-electron chi connectivity index (χ2n) is 8.43. The van der Waals surface area contributed by atoms with Crippen molar-refractivity contribution >= 4 is 17.2 Å². The molecule has 1 aliphatic heterocycles. The number of carbonyl (C=O) groups excluding carboxylic acids is 1. The Morgan fingerprint density at radius 2 is 2.09 bits per heavy atom. The predicted molar refractivity (Wildman–Crippen MR) is 112 cm³/mol. The molecule has 2 unspecified atom stereocenters. The first-order chi connectivity index (χ1) is 15.9. The van der Waals surface area contributed by atoms with Crippen molar-refractivity contribution in [3.8, 4) is 5.75 Å². The first-order valence-electron chi connectivity index (χ1n) is 10.5. The summed E-state index contributed by atoms with van der Waals surface area (Å²) in [4.78, 5) is 21.3. The van der Waals surface area contributed by atoms with Gasteiger partial charge in [-0.3, -0.25) is 9.69 Å². The molecule has 1 saturated carbocycles. The molecule has 0 bridgehead atoms. The van der Waals surface area contributed by atoms with E-state index in [2.05, 4.69) is 19.8 Å². The molecule has 1 aromatic carbocycles. The van der Waals surface area contributed by atoms with Crippen LogP contribution in [0.25, 0.3) is 0 Å². The summed E-state index contributed by atoms with van der Waals surface area (Å²) in [6, 6.07) is 7.61. The zero-order valence-corrected chi connectivity index (χ0v) is 18.3. The smallest absolute Gasteiger partial charge is 0.406 e. The van der Waals surface area contributed by atoms with Gasteiger partial charge in [0.1, 0.15) is 17.7 Å². The topological polar surface area (TPSA) is 71.7 Å². The lowest BCUT2D eigenvalue weighted by molar-refractivity contribution is -0.274. The average molecular weight is 478 g/mol. The van der Waals surface area contributed by atoms with E-state index in [-0.39, 0.29) is 18.2 Å². The number of amides is 1. The maximum atomic E-state index is 13.1. The molecule has 33 heavy (non-hydrogen) atoms. The second kappa shape index (κ2) is 8.79. The van der Waals surface area contributed by atoms with Gasteiger partial charge >= 0.3 is 6.36 Å². The van der Waals surface area contributed by atoms with Crippen LogP contribution in [0.3, 0.4) is 0 Å². The number of alkyl halides is 3. The molecule has 3 heterocycles. The number of carbonyl (C=O) groups is 1. The fourth-order valence-electron chi connectivity index (χ4n) is 4.70. The van der Waals surface area contributed by atoms with E-state index in [1.807, 2.05) is 6.07 Å². The molecular weight excluding hydrogens is 457 g/mol. The van der Waals surface area contributed by atoms with Gasteiger partial charge in [-0.15, -0.1) is 24.5 Å². The summed E-state index contributed by atoms with van der Waals surface area (Å²) in [6.07, 6.45) is -3.20. The van der Waals surface area contributed by atoms with Gasteiger partial charge in [0.15, 0.2) is 0 Å². The predicted octanol–water partition coefficient (Wildman–Crippen LogP) is 4.05. The molecule has 174 valence electrons. The lowest BCUT2D eigenvalue weighted by Gasteiger charge is -2.25. The molecule has 1 saturated heterocycles. The van der Waals surface area contributed by atoms with Gasteiger partial charge in [0, 0.05) is 44.2 Å². The Bertz CT molecular complexity index is 1080. The maximum Gasteiger partial charge on any atom is 0.573 e. The van der Waals surface area contributed by atoms with Gasteiger partial charge in [-0.05, 0) is 35.4 Å². The number of fused-ring (bicyclic) bond motifs is 1. The number of thiazole rings is 1. The Morgan fingerprint density at radius 3 is 2.76 bits per heavy atom. The minimum Gasteiger partial charge on any atom is -0.406 e. The van der Waals surface area contributed by atoms with E-state index in [0.717, 1.165) is 25.3 Å². The van der Waals surface area contributed by atoms with E-state index in [0.29, 0.717) is 35.6 Å². The summed E-state index contributed by atoms with van der Waals surface area (Å²) < 4.78 is 46.7. The number of piperidine rings is 1. The van der Waals surface area contributed by atoms with Crippen LogP contribution in [0.1, 0.15) is 21.7 Å². The largest absolute Gasteiger partial charge is 0.573 e. The highest BCUT2D eigenvalue weighted by Crippen LogP contribution is 2.52. The molecule has 0 N–H and O–H groups in total. The Morgan fingerprint density at radius 1 is 1.27 bits per heavy atom. The van der Waals surface area contributed by atoms with Crippen molar-refractivity contribution in [1.29, 1.82) is 0 Å². The Hall–Kier alpha value is -2.92. The maximum absolute atomic E-state index is 13.1. The third-order valence-electron chi connectivity index (χ3n) is 6.20. The van der Waals surface area contributed by atoms with Gasteiger partial charge in [-0.1, -0.05) is 17.3 Å². The van der Waals surface area contributed by atoms with E-state index in [9.17, 15) is 18.0 Å². The summed E-state index contributed by atoms with van der Waals surface area (Å²) in [5, 5.41) is 5.65. The van der Waals surface area contributed by atoms with Crippen LogP contribution in [0.5, 0.6) is 5.75 Å². The molecule has 2 aromatic heterocycles. The van der Waals surface area contributed by atoms with Crippen molar-refractivity contribution in [2.75, 3.05) is 19.6 Å². The molecule has 2 aliphatic rings. The van der Waals surface area contributed by atoms with Crippen molar-refractivity contribution < 1.29 is 27.2 Å². The Balaban J connectivity index is 1.25. The van der Waals surface area contributed by atoms with Crippen molar-refractivity contribution in [3.05, 3.63) is 64.4 Å². The normalized spacial score (nSPS) is 22.2. The van der Waals surface area contributed by atoms with Crippen molar-refractivity contribution in [3.63, 3.8) is 0 Å². The fourth-order valence-corrected chi connectivity index (χ4v) is 5.23. The number of aromatic nitrogens is 2.